The molecule has 0 unspecified atom stereocenters. The molecule has 10 heteroatoms. The number of benzene rings is 1. The third-order valence-electron chi connectivity index (χ3n) is 3.48. The van der Waals surface area contributed by atoms with Gasteiger partial charge in [0.05, 0.1) is 6.54 Å². The van der Waals surface area contributed by atoms with Gasteiger partial charge in [-0.3, -0.25) is 0 Å². The van der Waals surface area contributed by atoms with Crippen molar-refractivity contribution in [2.45, 2.75) is 18.7 Å². The number of hydrogen-bond donors (Lipinski definition) is 1. The van der Waals surface area contributed by atoms with Gasteiger partial charge in [0, 0.05) is 18.5 Å². The van der Waals surface area contributed by atoms with Crippen LogP contribution in [0.15, 0.2) is 28.8 Å². The largest absolute Gasteiger partial charge is 0.488 e. The van der Waals surface area contributed by atoms with Gasteiger partial charge in [-0.15, -0.1) is 0 Å². The first-order valence-corrected chi connectivity index (χ1v) is 6.99. The first-order chi connectivity index (χ1) is 11.3. The minimum Gasteiger partial charge on any atom is -0.488 e. The van der Waals surface area contributed by atoms with E-state index in [1.807, 2.05) is 0 Å². The van der Waals surface area contributed by atoms with Gasteiger partial charge >= 0.3 is 18.2 Å². The Kier molecular flexibility index (Phi) is 4.04. The summed E-state index contributed by atoms with van der Waals surface area (Å²) in [6.07, 6.45) is -5.49. The van der Waals surface area contributed by atoms with Gasteiger partial charge in [0.1, 0.15) is 11.9 Å². The highest BCUT2D eigenvalue weighted by Crippen LogP contribution is 2.30. The molecule has 1 aromatic carbocycles. The highest BCUT2D eigenvalue weighted by Gasteiger charge is 2.38. The van der Waals surface area contributed by atoms with Gasteiger partial charge in [-0.05, 0) is 12.1 Å². The third kappa shape index (κ3) is 3.42. The number of carboxylic acid groups (broad SMARTS) is 1. The summed E-state index contributed by atoms with van der Waals surface area (Å²) in [5.41, 5.74) is 0.305. The van der Waals surface area contributed by atoms with Crippen LogP contribution in [-0.4, -0.2) is 45.4 Å². The van der Waals surface area contributed by atoms with Crippen molar-refractivity contribution in [2.24, 2.45) is 0 Å². The molecule has 0 saturated carbocycles. The maximum Gasteiger partial charge on any atom is 0.471 e. The Morgan fingerprint density at radius 2 is 2.21 bits per heavy atom. The SMILES string of the molecule is O=C(O)N1CC[C@H](Oc2cccc(-c3noc(C(F)(F)F)n3)c2)C1. The molecular weight excluding hydrogens is 331 g/mol. The molecule has 1 saturated heterocycles. The summed E-state index contributed by atoms with van der Waals surface area (Å²) in [5.74, 6) is -1.23. The number of rotatable bonds is 3. The van der Waals surface area contributed by atoms with E-state index >= 15 is 0 Å². The number of ether oxygens (including phenoxy) is 1. The number of likely N-dealkylation sites (tertiary alicyclic amines) is 1. The standard InChI is InChI=1S/C14H12F3N3O4/c15-14(16,17)12-18-11(19-24-12)8-2-1-3-9(6-8)23-10-4-5-20(7-10)13(21)22/h1-3,6,10H,4-5,7H2,(H,21,22)/t10-/m0/s1. The van der Waals surface area contributed by atoms with Crippen molar-refractivity contribution >= 4 is 6.09 Å². The highest BCUT2D eigenvalue weighted by molar-refractivity contribution is 5.65. The van der Waals surface area contributed by atoms with Crippen LogP contribution in [0.4, 0.5) is 18.0 Å². The van der Waals surface area contributed by atoms with Gasteiger partial charge in [0.25, 0.3) is 0 Å². The van der Waals surface area contributed by atoms with Gasteiger partial charge in [0.15, 0.2) is 0 Å². The monoisotopic (exact) mass is 343 g/mol. The van der Waals surface area contributed by atoms with Crippen LogP contribution >= 0.6 is 0 Å². The molecule has 1 aromatic heterocycles. The van der Waals surface area contributed by atoms with Gasteiger partial charge < -0.3 is 19.3 Å². The van der Waals surface area contributed by atoms with E-state index < -0.39 is 18.2 Å². The number of amides is 1. The Hall–Kier alpha value is -2.78. The molecule has 2 heterocycles. The normalized spacial score (nSPS) is 18.0. The molecule has 0 spiro atoms. The van der Waals surface area contributed by atoms with E-state index in [1.165, 1.54) is 17.0 Å². The third-order valence-corrected chi connectivity index (χ3v) is 3.48. The van der Waals surface area contributed by atoms with Crippen LogP contribution in [0.2, 0.25) is 0 Å². The predicted molar refractivity (Wildman–Crippen MR) is 73.4 cm³/mol. The Morgan fingerprint density at radius 3 is 2.83 bits per heavy atom. The molecule has 1 amide bonds. The van der Waals surface area contributed by atoms with Crippen molar-refractivity contribution in [1.82, 2.24) is 15.0 Å². The van der Waals surface area contributed by atoms with Gasteiger partial charge in [-0.25, -0.2) is 4.79 Å². The molecule has 0 radical (unpaired) electrons. The minimum absolute atomic E-state index is 0.202. The lowest BCUT2D eigenvalue weighted by Crippen LogP contribution is -2.29. The van der Waals surface area contributed by atoms with E-state index in [1.54, 1.807) is 12.1 Å². The molecule has 7 nitrogen and oxygen atoms in total. The van der Waals surface area contributed by atoms with E-state index in [4.69, 9.17) is 9.84 Å². The number of alkyl halides is 3. The molecule has 128 valence electrons. The molecule has 2 aromatic rings. The topological polar surface area (TPSA) is 88.7 Å². The maximum atomic E-state index is 12.5. The fourth-order valence-electron chi connectivity index (χ4n) is 2.35. The average Bonchev–Trinajstić information content (AvgIpc) is 3.16. The lowest BCUT2D eigenvalue weighted by Gasteiger charge is -2.14. The zero-order valence-electron chi connectivity index (χ0n) is 12.2. The summed E-state index contributed by atoms with van der Waals surface area (Å²) in [5, 5.41) is 12.2. The van der Waals surface area contributed by atoms with Crippen molar-refractivity contribution in [3.63, 3.8) is 0 Å². The van der Waals surface area contributed by atoms with E-state index in [2.05, 4.69) is 14.7 Å². The second kappa shape index (κ2) is 6.02. The van der Waals surface area contributed by atoms with E-state index in [0.717, 1.165) is 0 Å². The van der Waals surface area contributed by atoms with Crippen molar-refractivity contribution in [2.75, 3.05) is 13.1 Å². The average molecular weight is 343 g/mol. The van der Waals surface area contributed by atoms with Crippen LogP contribution in [0.25, 0.3) is 11.4 Å². The van der Waals surface area contributed by atoms with E-state index in [0.29, 0.717) is 24.3 Å². The zero-order chi connectivity index (χ0) is 17.3. The number of nitrogens with zero attached hydrogens (tertiary/aromatic N) is 3. The number of carbonyl (C=O) groups is 1. The Bertz CT molecular complexity index is 747. The van der Waals surface area contributed by atoms with Gasteiger partial charge in [0.2, 0.25) is 5.82 Å². The maximum absolute atomic E-state index is 12.5. The first kappa shape index (κ1) is 16.1. The molecule has 1 atom stereocenters. The zero-order valence-corrected chi connectivity index (χ0v) is 12.2. The number of aromatic nitrogens is 2. The fraction of sp³-hybridized carbons (Fsp3) is 0.357. The Morgan fingerprint density at radius 1 is 1.42 bits per heavy atom. The van der Waals surface area contributed by atoms with Gasteiger partial charge in [-0.2, -0.15) is 18.2 Å². The summed E-state index contributed by atoms with van der Waals surface area (Å²) >= 11 is 0. The number of hydrogen-bond acceptors (Lipinski definition) is 5. The van der Waals surface area contributed by atoms with Crippen LogP contribution < -0.4 is 4.74 Å². The molecular formula is C14H12F3N3O4. The number of halogens is 3. The molecule has 3 rings (SSSR count). The van der Waals surface area contributed by atoms with Crippen molar-refractivity contribution in [1.29, 1.82) is 0 Å². The Balaban J connectivity index is 1.73. The lowest BCUT2D eigenvalue weighted by molar-refractivity contribution is -0.159. The molecule has 1 aliphatic rings. The minimum atomic E-state index is -4.70. The second-order valence-corrected chi connectivity index (χ2v) is 5.21. The summed E-state index contributed by atoms with van der Waals surface area (Å²) in [6.45, 7) is 0.611. The molecule has 0 aliphatic carbocycles. The van der Waals surface area contributed by atoms with Crippen LogP contribution in [-0.2, 0) is 6.18 Å². The first-order valence-electron chi connectivity index (χ1n) is 6.99. The molecule has 1 aliphatic heterocycles. The molecule has 1 N–H and O–H groups in total. The smallest absolute Gasteiger partial charge is 0.471 e. The summed E-state index contributed by atoms with van der Waals surface area (Å²) in [4.78, 5) is 15.4. The van der Waals surface area contributed by atoms with Crippen LogP contribution in [0.1, 0.15) is 12.3 Å². The van der Waals surface area contributed by atoms with Crippen LogP contribution in [0.5, 0.6) is 5.75 Å². The molecule has 24 heavy (non-hydrogen) atoms. The lowest BCUT2D eigenvalue weighted by atomic mass is 10.2. The van der Waals surface area contributed by atoms with Crippen LogP contribution in [0, 0.1) is 0 Å². The summed E-state index contributed by atoms with van der Waals surface area (Å²) in [6, 6.07) is 6.21. The van der Waals surface area contributed by atoms with E-state index in [9.17, 15) is 18.0 Å². The van der Waals surface area contributed by atoms with Crippen LogP contribution in [0.3, 0.4) is 0 Å². The van der Waals surface area contributed by atoms with Crippen molar-refractivity contribution in [3.8, 4) is 17.1 Å². The summed E-state index contributed by atoms with van der Waals surface area (Å²) < 4.78 is 47.4. The summed E-state index contributed by atoms with van der Waals surface area (Å²) in [7, 11) is 0. The van der Waals surface area contributed by atoms with Crippen molar-refractivity contribution < 1.29 is 32.3 Å². The second-order valence-electron chi connectivity index (χ2n) is 5.21. The fourth-order valence-corrected chi connectivity index (χ4v) is 2.35. The van der Waals surface area contributed by atoms with Crippen molar-refractivity contribution in [3.05, 3.63) is 30.2 Å². The van der Waals surface area contributed by atoms with E-state index in [-0.39, 0.29) is 18.5 Å². The van der Waals surface area contributed by atoms with Gasteiger partial charge in [-0.1, -0.05) is 17.3 Å². The molecule has 0 bridgehead atoms. The quantitative estimate of drug-likeness (QED) is 0.922. The molecule has 1 fully saturated rings. The highest BCUT2D eigenvalue weighted by atomic mass is 19.4. The Labute approximate surface area is 133 Å². The predicted octanol–water partition coefficient (Wildman–Crippen LogP) is 2.89.